The average molecular weight is 278 g/mol. The van der Waals surface area contributed by atoms with Crippen molar-refractivity contribution < 1.29 is 9.53 Å². The molecule has 1 aromatic heterocycles. The zero-order valence-electron chi connectivity index (χ0n) is 7.88. The summed E-state index contributed by atoms with van der Waals surface area (Å²) in [5.41, 5.74) is 0. The van der Waals surface area contributed by atoms with Gasteiger partial charge in [-0.1, -0.05) is 0 Å². The van der Waals surface area contributed by atoms with E-state index in [0.717, 1.165) is 9.35 Å². The molecule has 0 saturated heterocycles. The van der Waals surface area contributed by atoms with E-state index in [1.165, 1.54) is 0 Å². The molecule has 5 heteroatoms. The first-order valence-electron chi connectivity index (χ1n) is 4.21. The van der Waals surface area contributed by atoms with Crippen molar-refractivity contribution >= 4 is 33.2 Å². The number of hydrogen-bond acceptors (Lipinski definition) is 3. The molecule has 1 aromatic rings. The van der Waals surface area contributed by atoms with Crippen LogP contribution in [0.15, 0.2) is 15.9 Å². The zero-order chi connectivity index (χ0) is 10.4. The van der Waals surface area contributed by atoms with E-state index in [1.54, 1.807) is 18.4 Å². The summed E-state index contributed by atoms with van der Waals surface area (Å²) in [7, 11) is 1.59. The summed E-state index contributed by atoms with van der Waals surface area (Å²) in [5.74, 6) is 0.0244. The quantitative estimate of drug-likeness (QED) is 0.896. The van der Waals surface area contributed by atoms with Gasteiger partial charge in [0.2, 0.25) is 5.91 Å². The molecule has 1 heterocycles. The van der Waals surface area contributed by atoms with Crippen LogP contribution in [0, 0.1) is 0 Å². The lowest BCUT2D eigenvalue weighted by Crippen LogP contribution is -2.23. The summed E-state index contributed by atoms with van der Waals surface area (Å²) >= 11 is 4.98. The highest BCUT2D eigenvalue weighted by Crippen LogP contribution is 2.19. The fraction of sp³-hybridized carbons (Fsp3) is 0.444. The fourth-order valence-corrected chi connectivity index (χ4v) is 2.31. The smallest absolute Gasteiger partial charge is 0.222 e. The fourth-order valence-electron chi connectivity index (χ4n) is 0.915. The van der Waals surface area contributed by atoms with Gasteiger partial charge in [-0.05, 0) is 22.0 Å². The lowest BCUT2D eigenvalue weighted by atomic mass is 10.4. The molecule has 0 aliphatic carbocycles. The van der Waals surface area contributed by atoms with E-state index in [1.807, 2.05) is 11.4 Å². The van der Waals surface area contributed by atoms with Crippen LogP contribution in [0.4, 0.5) is 0 Å². The van der Waals surface area contributed by atoms with Crippen LogP contribution in [0.25, 0.3) is 0 Å². The first-order chi connectivity index (χ1) is 6.72. The van der Waals surface area contributed by atoms with Crippen LogP contribution < -0.4 is 5.32 Å². The summed E-state index contributed by atoms with van der Waals surface area (Å²) in [6.07, 6.45) is 0.420. The van der Waals surface area contributed by atoms with Gasteiger partial charge in [0.15, 0.2) is 0 Å². The maximum atomic E-state index is 11.2. The van der Waals surface area contributed by atoms with E-state index in [0.29, 0.717) is 19.6 Å². The van der Waals surface area contributed by atoms with Crippen LogP contribution in [0.3, 0.4) is 0 Å². The molecular formula is C9H12BrNO2S. The molecule has 1 amide bonds. The standard InChI is InChI=1S/C9H12BrNO2S/c1-13-3-2-9(12)11-5-8-4-7(10)6-14-8/h4,6H,2-3,5H2,1H3,(H,11,12). The van der Waals surface area contributed by atoms with Gasteiger partial charge in [0.25, 0.3) is 0 Å². The topological polar surface area (TPSA) is 38.3 Å². The third kappa shape index (κ3) is 4.21. The lowest BCUT2D eigenvalue weighted by Gasteiger charge is -2.02. The van der Waals surface area contributed by atoms with Crippen LogP contribution in [-0.2, 0) is 16.1 Å². The molecule has 1 rings (SSSR count). The Morgan fingerprint density at radius 1 is 1.71 bits per heavy atom. The zero-order valence-corrected chi connectivity index (χ0v) is 10.3. The number of rotatable bonds is 5. The van der Waals surface area contributed by atoms with Gasteiger partial charge in [-0.2, -0.15) is 0 Å². The molecule has 0 fully saturated rings. The molecule has 0 aromatic carbocycles. The summed E-state index contributed by atoms with van der Waals surface area (Å²) in [6.45, 7) is 1.07. The number of thiophene rings is 1. The number of carbonyl (C=O) groups excluding carboxylic acids is 1. The van der Waals surface area contributed by atoms with Crippen molar-refractivity contribution in [3.8, 4) is 0 Å². The number of hydrogen-bond donors (Lipinski definition) is 1. The van der Waals surface area contributed by atoms with E-state index in [4.69, 9.17) is 4.74 Å². The van der Waals surface area contributed by atoms with Gasteiger partial charge < -0.3 is 10.1 Å². The SMILES string of the molecule is COCCC(=O)NCc1cc(Br)cs1. The highest BCUT2D eigenvalue weighted by molar-refractivity contribution is 9.10. The minimum Gasteiger partial charge on any atom is -0.384 e. The van der Waals surface area contributed by atoms with E-state index >= 15 is 0 Å². The van der Waals surface area contributed by atoms with Gasteiger partial charge >= 0.3 is 0 Å². The monoisotopic (exact) mass is 277 g/mol. The highest BCUT2D eigenvalue weighted by atomic mass is 79.9. The molecule has 0 saturated carbocycles. The van der Waals surface area contributed by atoms with E-state index < -0.39 is 0 Å². The molecule has 0 unspecified atom stereocenters. The van der Waals surface area contributed by atoms with Crippen LogP contribution in [-0.4, -0.2) is 19.6 Å². The van der Waals surface area contributed by atoms with Crippen molar-refractivity contribution in [2.45, 2.75) is 13.0 Å². The van der Waals surface area contributed by atoms with Gasteiger partial charge in [0.05, 0.1) is 13.2 Å². The summed E-state index contributed by atoms with van der Waals surface area (Å²) in [4.78, 5) is 12.3. The van der Waals surface area contributed by atoms with Gasteiger partial charge in [-0.15, -0.1) is 11.3 Å². The number of carbonyl (C=O) groups is 1. The molecule has 0 aliphatic rings. The van der Waals surface area contributed by atoms with Crippen LogP contribution >= 0.6 is 27.3 Å². The van der Waals surface area contributed by atoms with Crippen LogP contribution in [0.5, 0.6) is 0 Å². The number of ether oxygens (including phenoxy) is 1. The predicted octanol–water partition coefficient (Wildman–Crippen LogP) is 2.16. The van der Waals surface area contributed by atoms with Crippen molar-refractivity contribution in [1.82, 2.24) is 5.32 Å². The predicted molar refractivity (Wildman–Crippen MR) is 60.4 cm³/mol. The Bertz CT molecular complexity index is 301. The molecule has 0 bridgehead atoms. The number of halogens is 1. The molecule has 3 nitrogen and oxygen atoms in total. The molecule has 0 aliphatic heterocycles. The Morgan fingerprint density at radius 2 is 2.50 bits per heavy atom. The second kappa shape index (κ2) is 6.16. The maximum Gasteiger partial charge on any atom is 0.222 e. The molecule has 0 atom stereocenters. The van der Waals surface area contributed by atoms with Crippen LogP contribution in [0.1, 0.15) is 11.3 Å². The molecule has 0 radical (unpaired) electrons. The Labute approximate surface area is 95.6 Å². The normalized spacial score (nSPS) is 10.1. The van der Waals surface area contributed by atoms with Crippen molar-refractivity contribution in [2.75, 3.05) is 13.7 Å². The van der Waals surface area contributed by atoms with Gasteiger partial charge in [-0.25, -0.2) is 0 Å². The van der Waals surface area contributed by atoms with Gasteiger partial charge in [-0.3, -0.25) is 4.79 Å². The van der Waals surface area contributed by atoms with Crippen molar-refractivity contribution in [1.29, 1.82) is 0 Å². The van der Waals surface area contributed by atoms with Crippen molar-refractivity contribution in [3.63, 3.8) is 0 Å². The molecule has 0 spiro atoms. The molecule has 78 valence electrons. The van der Waals surface area contributed by atoms with Crippen molar-refractivity contribution in [2.24, 2.45) is 0 Å². The largest absolute Gasteiger partial charge is 0.384 e. The summed E-state index contributed by atoms with van der Waals surface area (Å²) < 4.78 is 5.86. The minimum absolute atomic E-state index is 0.0244. The second-order valence-corrected chi connectivity index (χ2v) is 4.66. The lowest BCUT2D eigenvalue weighted by molar-refractivity contribution is -0.122. The van der Waals surface area contributed by atoms with E-state index in [9.17, 15) is 4.79 Å². The maximum absolute atomic E-state index is 11.2. The molecular weight excluding hydrogens is 266 g/mol. The Balaban J connectivity index is 2.23. The average Bonchev–Trinajstić information content (AvgIpc) is 2.58. The summed E-state index contributed by atoms with van der Waals surface area (Å²) in [6, 6.07) is 2.00. The third-order valence-electron chi connectivity index (χ3n) is 1.61. The summed E-state index contributed by atoms with van der Waals surface area (Å²) in [5, 5.41) is 4.81. The van der Waals surface area contributed by atoms with Crippen molar-refractivity contribution in [3.05, 3.63) is 20.8 Å². The van der Waals surface area contributed by atoms with Crippen LogP contribution in [0.2, 0.25) is 0 Å². The Kier molecular flexibility index (Phi) is 5.14. The second-order valence-electron chi connectivity index (χ2n) is 2.75. The third-order valence-corrected chi connectivity index (χ3v) is 3.31. The van der Waals surface area contributed by atoms with Gasteiger partial charge in [0, 0.05) is 28.3 Å². The van der Waals surface area contributed by atoms with Gasteiger partial charge in [0.1, 0.15) is 0 Å². The Hall–Kier alpha value is -0.390. The minimum atomic E-state index is 0.0244. The number of methoxy groups -OCH3 is 1. The van der Waals surface area contributed by atoms with E-state index in [-0.39, 0.29) is 5.91 Å². The Morgan fingerprint density at radius 3 is 3.07 bits per heavy atom. The number of amides is 1. The first kappa shape index (κ1) is 11.7. The number of nitrogens with one attached hydrogen (secondary N) is 1. The molecule has 1 N–H and O–H groups in total. The molecule has 14 heavy (non-hydrogen) atoms. The first-order valence-corrected chi connectivity index (χ1v) is 5.88. The van der Waals surface area contributed by atoms with E-state index in [2.05, 4.69) is 21.2 Å². The highest BCUT2D eigenvalue weighted by Gasteiger charge is 2.02.